The van der Waals surface area contributed by atoms with Crippen molar-refractivity contribution in [3.8, 4) is 0 Å². The summed E-state index contributed by atoms with van der Waals surface area (Å²) in [6.45, 7) is 2.83. The molecule has 1 aliphatic heterocycles. The smallest absolute Gasteiger partial charge is 0.333 e. The van der Waals surface area contributed by atoms with Gasteiger partial charge in [-0.25, -0.2) is 0 Å². The number of rotatable bonds is 2. The van der Waals surface area contributed by atoms with E-state index in [1.165, 1.54) is 13.8 Å². The molecule has 1 fully saturated rings. The first-order valence-electron chi connectivity index (χ1n) is 5.81. The molecule has 1 saturated heterocycles. The third-order valence-corrected chi connectivity index (χ3v) is 2.79. The van der Waals surface area contributed by atoms with E-state index in [1.807, 2.05) is 0 Å². The van der Waals surface area contributed by atoms with E-state index in [0.29, 0.717) is 10.7 Å². The van der Waals surface area contributed by atoms with Crippen molar-refractivity contribution in [3.05, 3.63) is 29.3 Å². The summed E-state index contributed by atoms with van der Waals surface area (Å²) in [6, 6.07) is 6.23. The lowest BCUT2D eigenvalue weighted by molar-refractivity contribution is -0.238. The van der Waals surface area contributed by atoms with Crippen LogP contribution in [0.3, 0.4) is 0 Å². The molecule has 1 heterocycles. The van der Waals surface area contributed by atoms with Crippen LogP contribution >= 0.6 is 11.6 Å². The van der Waals surface area contributed by atoms with Gasteiger partial charge in [0.1, 0.15) is 0 Å². The Morgan fingerprint density at radius 1 is 1.15 bits per heavy atom. The third-order valence-electron chi connectivity index (χ3n) is 2.54. The number of hydrogen-bond acceptors (Lipinski definition) is 5. The predicted molar refractivity (Wildman–Crippen MR) is 69.8 cm³/mol. The number of carbonyl (C=O) groups excluding carboxylic acids is 3. The second-order valence-corrected chi connectivity index (χ2v) is 5.11. The fourth-order valence-corrected chi connectivity index (χ4v) is 1.81. The SMILES string of the molecule is CC1(C)OC(=O)C(C(=O)Nc2ccc(Cl)cc2)C(=O)O1. The number of nitrogens with one attached hydrogen (secondary N) is 1. The number of ether oxygens (including phenoxy) is 2. The maximum atomic E-state index is 11.9. The number of halogens is 1. The summed E-state index contributed by atoms with van der Waals surface area (Å²) in [5, 5.41) is 2.93. The van der Waals surface area contributed by atoms with Gasteiger partial charge in [-0.3, -0.25) is 14.4 Å². The molecule has 2 rings (SSSR count). The molecule has 20 heavy (non-hydrogen) atoms. The zero-order valence-electron chi connectivity index (χ0n) is 10.8. The maximum Gasteiger partial charge on any atom is 0.333 e. The monoisotopic (exact) mass is 297 g/mol. The molecule has 1 aromatic rings. The fourth-order valence-electron chi connectivity index (χ4n) is 1.68. The quantitative estimate of drug-likeness (QED) is 0.664. The highest BCUT2D eigenvalue weighted by molar-refractivity contribution is 6.30. The van der Waals surface area contributed by atoms with E-state index in [-0.39, 0.29) is 0 Å². The molecule has 0 aliphatic carbocycles. The lowest BCUT2D eigenvalue weighted by Gasteiger charge is -2.32. The molecule has 0 spiro atoms. The Morgan fingerprint density at radius 2 is 1.65 bits per heavy atom. The molecule has 1 aliphatic rings. The molecule has 6 nitrogen and oxygen atoms in total. The fraction of sp³-hybridized carbons (Fsp3) is 0.308. The number of carbonyl (C=O) groups is 3. The Morgan fingerprint density at radius 3 is 2.15 bits per heavy atom. The van der Waals surface area contributed by atoms with E-state index < -0.39 is 29.6 Å². The Labute approximate surface area is 120 Å². The summed E-state index contributed by atoms with van der Waals surface area (Å²) in [5.74, 6) is -5.66. The van der Waals surface area contributed by atoms with Crippen LogP contribution in [0.1, 0.15) is 13.8 Å². The third kappa shape index (κ3) is 3.08. The van der Waals surface area contributed by atoms with E-state index >= 15 is 0 Å². The van der Waals surface area contributed by atoms with Crippen LogP contribution in [0.15, 0.2) is 24.3 Å². The van der Waals surface area contributed by atoms with E-state index in [4.69, 9.17) is 21.1 Å². The number of amides is 1. The molecule has 0 unspecified atom stereocenters. The first-order valence-corrected chi connectivity index (χ1v) is 6.18. The molecule has 0 aromatic heterocycles. The predicted octanol–water partition coefficient (Wildman–Crippen LogP) is 1.73. The highest BCUT2D eigenvalue weighted by Gasteiger charge is 2.47. The number of hydrogen-bond donors (Lipinski definition) is 1. The molecule has 0 saturated carbocycles. The van der Waals surface area contributed by atoms with Gasteiger partial charge < -0.3 is 14.8 Å². The number of esters is 2. The molecule has 106 valence electrons. The summed E-state index contributed by atoms with van der Waals surface area (Å²) in [7, 11) is 0. The van der Waals surface area contributed by atoms with E-state index in [0.717, 1.165) is 0 Å². The van der Waals surface area contributed by atoms with Crippen molar-refractivity contribution >= 4 is 35.1 Å². The lowest BCUT2D eigenvalue weighted by atomic mass is 10.1. The second kappa shape index (κ2) is 5.13. The molecule has 1 N–H and O–H groups in total. The Hall–Kier alpha value is -2.08. The van der Waals surface area contributed by atoms with Gasteiger partial charge in [0, 0.05) is 24.6 Å². The van der Waals surface area contributed by atoms with Crippen LogP contribution in [0.25, 0.3) is 0 Å². The van der Waals surface area contributed by atoms with Crippen LogP contribution in [0, 0.1) is 5.92 Å². The van der Waals surface area contributed by atoms with Crippen molar-refractivity contribution in [1.82, 2.24) is 0 Å². The van der Waals surface area contributed by atoms with Crippen LogP contribution < -0.4 is 5.32 Å². The zero-order chi connectivity index (χ0) is 14.9. The number of cyclic esters (lactones) is 2. The minimum Gasteiger partial charge on any atom is -0.422 e. The second-order valence-electron chi connectivity index (χ2n) is 4.67. The summed E-state index contributed by atoms with van der Waals surface area (Å²) in [6.07, 6.45) is 0. The van der Waals surface area contributed by atoms with Crippen LogP contribution in [0.5, 0.6) is 0 Å². The summed E-state index contributed by atoms with van der Waals surface area (Å²) < 4.78 is 9.74. The molecule has 7 heteroatoms. The van der Waals surface area contributed by atoms with Crippen molar-refractivity contribution in [3.63, 3.8) is 0 Å². The van der Waals surface area contributed by atoms with Crippen molar-refractivity contribution in [2.24, 2.45) is 5.92 Å². The Balaban J connectivity index is 2.11. The number of anilines is 1. The average molecular weight is 298 g/mol. The van der Waals surface area contributed by atoms with Gasteiger partial charge in [0.05, 0.1) is 0 Å². The lowest BCUT2D eigenvalue weighted by Crippen LogP contribution is -2.50. The molecule has 0 radical (unpaired) electrons. The summed E-state index contributed by atoms with van der Waals surface area (Å²) in [5.41, 5.74) is 0.407. The van der Waals surface area contributed by atoms with E-state index in [1.54, 1.807) is 24.3 Å². The van der Waals surface area contributed by atoms with Crippen molar-refractivity contribution in [2.75, 3.05) is 5.32 Å². The highest BCUT2D eigenvalue weighted by atomic mass is 35.5. The minimum absolute atomic E-state index is 0.407. The van der Waals surface area contributed by atoms with Gasteiger partial charge in [0.2, 0.25) is 11.8 Å². The molecule has 0 bridgehead atoms. The van der Waals surface area contributed by atoms with Crippen molar-refractivity contribution < 1.29 is 23.9 Å². The molecular weight excluding hydrogens is 286 g/mol. The maximum absolute atomic E-state index is 11.9. The minimum atomic E-state index is -1.63. The van der Waals surface area contributed by atoms with Crippen LogP contribution in [-0.2, 0) is 23.9 Å². The molecule has 0 atom stereocenters. The summed E-state index contributed by atoms with van der Waals surface area (Å²) >= 11 is 5.71. The van der Waals surface area contributed by atoms with Crippen molar-refractivity contribution in [1.29, 1.82) is 0 Å². The van der Waals surface area contributed by atoms with Gasteiger partial charge in [0.15, 0.2) is 0 Å². The standard InChI is InChI=1S/C13H12ClNO5/c1-13(2)19-11(17)9(12(18)20-13)10(16)15-8-5-3-7(14)4-6-8/h3-6,9H,1-2H3,(H,15,16). The van der Waals surface area contributed by atoms with Gasteiger partial charge in [-0.15, -0.1) is 0 Å². The summed E-state index contributed by atoms with van der Waals surface area (Å²) in [4.78, 5) is 35.3. The van der Waals surface area contributed by atoms with Crippen LogP contribution in [-0.4, -0.2) is 23.6 Å². The van der Waals surface area contributed by atoms with E-state index in [2.05, 4.69) is 5.32 Å². The largest absolute Gasteiger partial charge is 0.422 e. The zero-order valence-corrected chi connectivity index (χ0v) is 11.6. The molecule has 1 aromatic carbocycles. The van der Waals surface area contributed by atoms with Crippen LogP contribution in [0.2, 0.25) is 5.02 Å². The Kier molecular flexibility index (Phi) is 3.67. The molecular formula is C13H12ClNO5. The Bertz CT molecular complexity index is 547. The van der Waals surface area contributed by atoms with Gasteiger partial charge in [0.25, 0.3) is 5.79 Å². The highest BCUT2D eigenvalue weighted by Crippen LogP contribution is 2.24. The van der Waals surface area contributed by atoms with Gasteiger partial charge in [-0.2, -0.15) is 0 Å². The average Bonchev–Trinajstić information content (AvgIpc) is 2.29. The van der Waals surface area contributed by atoms with E-state index in [9.17, 15) is 14.4 Å². The first-order chi connectivity index (χ1) is 9.28. The topological polar surface area (TPSA) is 81.7 Å². The number of benzene rings is 1. The van der Waals surface area contributed by atoms with Crippen molar-refractivity contribution in [2.45, 2.75) is 19.6 Å². The van der Waals surface area contributed by atoms with Gasteiger partial charge >= 0.3 is 11.9 Å². The normalized spacial score (nSPS) is 18.1. The van der Waals surface area contributed by atoms with Gasteiger partial charge in [-0.05, 0) is 24.3 Å². The molecule has 1 amide bonds. The first kappa shape index (κ1) is 14.3. The van der Waals surface area contributed by atoms with Gasteiger partial charge in [-0.1, -0.05) is 11.6 Å². The van der Waals surface area contributed by atoms with Crippen LogP contribution in [0.4, 0.5) is 5.69 Å².